The first-order valence-corrected chi connectivity index (χ1v) is 7.33. The van der Waals surface area contributed by atoms with E-state index in [1.807, 2.05) is 0 Å². The van der Waals surface area contributed by atoms with E-state index in [0.29, 0.717) is 19.5 Å². The van der Waals surface area contributed by atoms with Crippen molar-refractivity contribution in [1.29, 1.82) is 0 Å². The van der Waals surface area contributed by atoms with E-state index in [2.05, 4.69) is 14.8 Å². The molecule has 1 heterocycles. The Bertz CT molecular complexity index is 574. The minimum atomic E-state index is -4.86. The highest BCUT2D eigenvalue weighted by Crippen LogP contribution is 2.25. The van der Waals surface area contributed by atoms with Crippen molar-refractivity contribution < 1.29 is 26.3 Å². The summed E-state index contributed by atoms with van der Waals surface area (Å²) >= 11 is 0. The monoisotopic (exact) mass is 346 g/mol. The zero-order valence-corrected chi connectivity index (χ0v) is 12.3. The number of hydrogen-bond acceptors (Lipinski definition) is 4. The molecule has 1 saturated heterocycles. The van der Waals surface area contributed by atoms with Crippen molar-refractivity contribution >= 4 is 22.4 Å². The van der Waals surface area contributed by atoms with Crippen LogP contribution in [0.5, 0.6) is 5.75 Å². The van der Waals surface area contributed by atoms with E-state index in [-0.39, 0.29) is 23.3 Å². The number of benzene rings is 1. The first-order valence-electron chi connectivity index (χ1n) is 5.85. The van der Waals surface area contributed by atoms with E-state index in [4.69, 9.17) is 0 Å². The van der Waals surface area contributed by atoms with Crippen molar-refractivity contribution in [1.82, 2.24) is 10.0 Å². The van der Waals surface area contributed by atoms with Crippen molar-refractivity contribution in [3.8, 4) is 5.75 Å². The molecule has 21 heavy (non-hydrogen) atoms. The lowest BCUT2D eigenvalue weighted by Gasteiger charge is -2.13. The Kier molecular flexibility index (Phi) is 5.85. The van der Waals surface area contributed by atoms with Gasteiger partial charge < -0.3 is 10.1 Å². The third kappa shape index (κ3) is 5.34. The zero-order valence-electron chi connectivity index (χ0n) is 10.7. The van der Waals surface area contributed by atoms with Gasteiger partial charge in [0, 0.05) is 18.7 Å². The first kappa shape index (κ1) is 18.0. The van der Waals surface area contributed by atoms with E-state index >= 15 is 0 Å². The molecule has 1 aromatic rings. The Labute approximate surface area is 126 Å². The predicted molar refractivity (Wildman–Crippen MR) is 72.0 cm³/mol. The van der Waals surface area contributed by atoms with Gasteiger partial charge in [-0.25, -0.2) is 13.1 Å². The van der Waals surface area contributed by atoms with E-state index < -0.39 is 22.1 Å². The second-order valence-electron chi connectivity index (χ2n) is 4.33. The molecule has 0 spiro atoms. The highest BCUT2D eigenvalue weighted by atomic mass is 35.5. The number of rotatable bonds is 4. The normalized spacial score (nSPS) is 19.1. The Balaban J connectivity index is 0.00000220. The molecule has 1 aliphatic rings. The van der Waals surface area contributed by atoms with Gasteiger partial charge in [-0.05, 0) is 25.1 Å². The standard InChI is InChI=1S/C11H13F3N2O3S.ClH/c12-11(13,14)19-9-2-1-3-10(6-9)20(17,18)16-8-4-5-15-7-8;/h1-3,6,8,15-16H,4-5,7H2;1H. The minimum Gasteiger partial charge on any atom is -0.406 e. The van der Waals surface area contributed by atoms with Gasteiger partial charge in [-0.3, -0.25) is 0 Å². The number of halogens is 4. The van der Waals surface area contributed by atoms with Crippen LogP contribution in [0.3, 0.4) is 0 Å². The van der Waals surface area contributed by atoms with Gasteiger partial charge in [-0.15, -0.1) is 25.6 Å². The molecule has 0 saturated carbocycles. The van der Waals surface area contributed by atoms with Gasteiger partial charge in [-0.1, -0.05) is 6.07 Å². The van der Waals surface area contributed by atoms with Crippen LogP contribution in [0.1, 0.15) is 6.42 Å². The van der Waals surface area contributed by atoms with Crippen LogP contribution < -0.4 is 14.8 Å². The maximum Gasteiger partial charge on any atom is 0.573 e. The quantitative estimate of drug-likeness (QED) is 0.870. The second-order valence-corrected chi connectivity index (χ2v) is 6.05. The van der Waals surface area contributed by atoms with Gasteiger partial charge in [0.2, 0.25) is 10.0 Å². The van der Waals surface area contributed by atoms with Crippen molar-refractivity contribution in [2.24, 2.45) is 0 Å². The van der Waals surface area contributed by atoms with Crippen molar-refractivity contribution in [3.63, 3.8) is 0 Å². The fourth-order valence-electron chi connectivity index (χ4n) is 1.88. The van der Waals surface area contributed by atoms with Crippen LogP contribution in [0.2, 0.25) is 0 Å². The Hall–Kier alpha value is -1.03. The van der Waals surface area contributed by atoms with Crippen LogP contribution >= 0.6 is 12.4 Å². The smallest absolute Gasteiger partial charge is 0.406 e. The average molecular weight is 347 g/mol. The SMILES string of the molecule is Cl.O=S(=O)(NC1CCNC1)c1cccc(OC(F)(F)F)c1. The molecule has 1 atom stereocenters. The number of ether oxygens (including phenoxy) is 1. The number of hydrogen-bond donors (Lipinski definition) is 2. The second kappa shape index (κ2) is 6.82. The summed E-state index contributed by atoms with van der Waals surface area (Å²) in [6.45, 7) is 1.20. The van der Waals surface area contributed by atoms with Gasteiger partial charge >= 0.3 is 6.36 Å². The highest BCUT2D eigenvalue weighted by molar-refractivity contribution is 7.89. The van der Waals surface area contributed by atoms with E-state index in [1.165, 1.54) is 12.1 Å². The average Bonchev–Trinajstić information content (AvgIpc) is 2.79. The number of alkyl halides is 3. The molecular weight excluding hydrogens is 333 g/mol. The molecule has 10 heteroatoms. The van der Waals surface area contributed by atoms with Gasteiger partial charge in [0.1, 0.15) is 5.75 Å². The molecule has 1 unspecified atom stereocenters. The van der Waals surface area contributed by atoms with Gasteiger partial charge in [-0.2, -0.15) is 0 Å². The summed E-state index contributed by atoms with van der Waals surface area (Å²) in [7, 11) is -3.86. The van der Waals surface area contributed by atoms with E-state index in [0.717, 1.165) is 12.1 Å². The Morgan fingerprint density at radius 3 is 2.62 bits per heavy atom. The lowest BCUT2D eigenvalue weighted by Crippen LogP contribution is -2.36. The van der Waals surface area contributed by atoms with Crippen LogP contribution in [0.25, 0.3) is 0 Å². The number of sulfonamides is 1. The third-order valence-corrected chi connectivity index (χ3v) is 4.25. The molecule has 1 fully saturated rings. The maximum absolute atomic E-state index is 12.1. The summed E-state index contributed by atoms with van der Waals surface area (Å²) in [5, 5.41) is 2.99. The van der Waals surface area contributed by atoms with Gasteiger partial charge in [0.15, 0.2) is 0 Å². The van der Waals surface area contributed by atoms with Crippen LogP contribution in [-0.2, 0) is 10.0 Å². The maximum atomic E-state index is 12.1. The summed E-state index contributed by atoms with van der Waals surface area (Å²) in [5.41, 5.74) is 0. The molecule has 0 amide bonds. The molecule has 0 aromatic heterocycles. The molecule has 0 radical (unpaired) electrons. The summed E-state index contributed by atoms with van der Waals surface area (Å²) in [6, 6.07) is 4.05. The van der Waals surface area contributed by atoms with E-state index in [1.54, 1.807) is 0 Å². The molecule has 1 aliphatic heterocycles. The molecule has 2 N–H and O–H groups in total. The fraction of sp³-hybridized carbons (Fsp3) is 0.455. The molecule has 2 rings (SSSR count). The molecule has 0 aliphatic carbocycles. The van der Waals surface area contributed by atoms with Gasteiger partial charge in [0.05, 0.1) is 4.90 Å². The summed E-state index contributed by atoms with van der Waals surface area (Å²) < 4.78 is 66.5. The van der Waals surface area contributed by atoms with Crippen LogP contribution in [0, 0.1) is 0 Å². The van der Waals surface area contributed by atoms with Crippen LogP contribution in [-0.4, -0.2) is 33.9 Å². The molecular formula is C11H14ClF3N2O3S. The Morgan fingerprint density at radius 1 is 1.33 bits per heavy atom. The summed E-state index contributed by atoms with van der Waals surface area (Å²) in [5.74, 6) is -0.565. The third-order valence-electron chi connectivity index (χ3n) is 2.73. The minimum absolute atomic E-state index is 0. The van der Waals surface area contributed by atoms with Crippen molar-refractivity contribution in [3.05, 3.63) is 24.3 Å². The lowest BCUT2D eigenvalue weighted by atomic mass is 10.3. The Morgan fingerprint density at radius 2 is 2.05 bits per heavy atom. The first-order chi connectivity index (χ1) is 9.26. The van der Waals surface area contributed by atoms with Crippen LogP contribution in [0.4, 0.5) is 13.2 Å². The molecule has 1 aromatic carbocycles. The van der Waals surface area contributed by atoms with E-state index in [9.17, 15) is 21.6 Å². The van der Waals surface area contributed by atoms with Crippen molar-refractivity contribution in [2.75, 3.05) is 13.1 Å². The molecule has 5 nitrogen and oxygen atoms in total. The predicted octanol–water partition coefficient (Wildman–Crippen LogP) is 1.65. The summed E-state index contributed by atoms with van der Waals surface area (Å²) in [4.78, 5) is -0.258. The fourth-order valence-corrected chi connectivity index (χ4v) is 3.19. The zero-order chi connectivity index (χ0) is 14.8. The molecule has 120 valence electrons. The topological polar surface area (TPSA) is 67.4 Å². The van der Waals surface area contributed by atoms with Crippen molar-refractivity contribution in [2.45, 2.75) is 23.7 Å². The van der Waals surface area contributed by atoms with Crippen LogP contribution in [0.15, 0.2) is 29.2 Å². The molecule has 0 bridgehead atoms. The number of nitrogens with one attached hydrogen (secondary N) is 2. The largest absolute Gasteiger partial charge is 0.573 e. The van der Waals surface area contributed by atoms with Gasteiger partial charge in [0.25, 0.3) is 0 Å². The highest BCUT2D eigenvalue weighted by Gasteiger charge is 2.31. The lowest BCUT2D eigenvalue weighted by molar-refractivity contribution is -0.274. The summed E-state index contributed by atoms with van der Waals surface area (Å²) in [6.07, 6.45) is -4.22.